The van der Waals surface area contributed by atoms with Crippen LogP contribution in [0.3, 0.4) is 0 Å². The van der Waals surface area contributed by atoms with Crippen LogP contribution < -0.4 is 0 Å². The monoisotopic (exact) mass is 230 g/mol. The molecule has 0 heterocycles. The average Bonchev–Trinajstić information content (AvgIpc) is 2.27. The molecule has 0 aromatic heterocycles. The van der Waals surface area contributed by atoms with E-state index < -0.39 is 0 Å². The summed E-state index contributed by atoms with van der Waals surface area (Å²) >= 11 is 0. The number of hydrogen-bond donors (Lipinski definition) is 0. The molecular weight excluding hydrogens is 200 g/mol. The van der Waals surface area contributed by atoms with Gasteiger partial charge in [0, 0.05) is 20.1 Å². The molecule has 0 aliphatic rings. The van der Waals surface area contributed by atoms with Gasteiger partial charge < -0.3 is 9.47 Å². The van der Waals surface area contributed by atoms with E-state index >= 15 is 0 Å². The van der Waals surface area contributed by atoms with Gasteiger partial charge in [0.05, 0.1) is 12.7 Å². The van der Waals surface area contributed by atoms with Gasteiger partial charge in [0.2, 0.25) is 0 Å². The fourth-order valence-corrected chi connectivity index (χ4v) is 2.20. The highest BCUT2D eigenvalue weighted by Crippen LogP contribution is 2.22. The highest BCUT2D eigenvalue weighted by atomic mass is 16.5. The van der Waals surface area contributed by atoms with Crippen molar-refractivity contribution < 1.29 is 9.47 Å². The zero-order valence-corrected chi connectivity index (χ0v) is 11.8. The normalized spacial score (nSPS) is 15.4. The molecule has 16 heavy (non-hydrogen) atoms. The molecule has 0 saturated carbocycles. The molecule has 2 atom stereocenters. The molecule has 0 aromatic carbocycles. The molecule has 0 saturated heterocycles. The number of hydrogen-bond acceptors (Lipinski definition) is 2. The van der Waals surface area contributed by atoms with Crippen molar-refractivity contribution in [3.05, 3.63) is 0 Å². The van der Waals surface area contributed by atoms with Gasteiger partial charge >= 0.3 is 0 Å². The molecular formula is C14H30O2. The Morgan fingerprint density at radius 3 is 2.12 bits per heavy atom. The zero-order chi connectivity index (χ0) is 12.4. The molecule has 0 aliphatic heterocycles. The Hall–Kier alpha value is -0.0800. The van der Waals surface area contributed by atoms with Gasteiger partial charge in [-0.3, -0.25) is 0 Å². The van der Waals surface area contributed by atoms with E-state index in [1.807, 2.05) is 7.11 Å². The second kappa shape index (κ2) is 10.1. The van der Waals surface area contributed by atoms with Crippen LogP contribution in [-0.4, -0.2) is 26.9 Å². The summed E-state index contributed by atoms with van der Waals surface area (Å²) in [6.45, 7) is 7.56. The summed E-state index contributed by atoms with van der Waals surface area (Å²) in [5.41, 5.74) is 0. The van der Waals surface area contributed by atoms with E-state index in [4.69, 9.17) is 9.47 Å². The Morgan fingerprint density at radius 2 is 1.69 bits per heavy atom. The molecule has 2 nitrogen and oxygen atoms in total. The molecule has 0 aliphatic carbocycles. The van der Waals surface area contributed by atoms with E-state index in [2.05, 4.69) is 20.8 Å². The van der Waals surface area contributed by atoms with Crippen molar-refractivity contribution >= 4 is 0 Å². The fraction of sp³-hybridized carbons (Fsp3) is 1.00. The van der Waals surface area contributed by atoms with Crippen LogP contribution in [0.15, 0.2) is 0 Å². The molecule has 0 bridgehead atoms. The van der Waals surface area contributed by atoms with E-state index in [9.17, 15) is 0 Å². The first kappa shape index (κ1) is 15.9. The summed E-state index contributed by atoms with van der Waals surface area (Å²) in [5.74, 6) is 1.15. The average molecular weight is 230 g/mol. The molecule has 0 spiro atoms. The van der Waals surface area contributed by atoms with Crippen LogP contribution in [0.4, 0.5) is 0 Å². The van der Waals surface area contributed by atoms with E-state index in [-0.39, 0.29) is 0 Å². The molecule has 0 radical (unpaired) electrons. The number of methoxy groups -OCH3 is 2. The van der Waals surface area contributed by atoms with Crippen LogP contribution in [0.1, 0.15) is 52.9 Å². The summed E-state index contributed by atoms with van der Waals surface area (Å²) < 4.78 is 10.9. The summed E-state index contributed by atoms with van der Waals surface area (Å²) in [7, 11) is 3.61. The van der Waals surface area contributed by atoms with Crippen molar-refractivity contribution in [2.24, 2.45) is 11.8 Å². The van der Waals surface area contributed by atoms with Crippen molar-refractivity contribution in [3.8, 4) is 0 Å². The molecule has 98 valence electrons. The Bertz CT molecular complexity index is 146. The predicted octanol–water partition coefficient (Wildman–Crippen LogP) is 3.89. The van der Waals surface area contributed by atoms with Gasteiger partial charge in [-0.2, -0.15) is 0 Å². The first-order valence-corrected chi connectivity index (χ1v) is 6.69. The van der Waals surface area contributed by atoms with Crippen LogP contribution >= 0.6 is 0 Å². The number of rotatable bonds is 10. The minimum atomic E-state index is 0.358. The second-order valence-corrected chi connectivity index (χ2v) is 4.99. The topological polar surface area (TPSA) is 18.5 Å². The summed E-state index contributed by atoms with van der Waals surface area (Å²) in [4.78, 5) is 0. The molecule has 0 rings (SSSR count). The first-order chi connectivity index (χ1) is 7.67. The number of ether oxygens (including phenoxy) is 2. The van der Waals surface area contributed by atoms with Gasteiger partial charge in [-0.05, 0) is 12.3 Å². The maximum Gasteiger partial charge on any atom is 0.0623 e. The van der Waals surface area contributed by atoms with Gasteiger partial charge in [0.1, 0.15) is 0 Å². The lowest BCUT2D eigenvalue weighted by molar-refractivity contribution is -0.0108. The SMILES string of the molecule is CCCCCCC(OC)C(COC)C(C)C. The van der Waals surface area contributed by atoms with Gasteiger partial charge in [-0.1, -0.05) is 46.5 Å². The van der Waals surface area contributed by atoms with Crippen LogP contribution in [0.25, 0.3) is 0 Å². The smallest absolute Gasteiger partial charge is 0.0623 e. The van der Waals surface area contributed by atoms with E-state index in [0.29, 0.717) is 17.9 Å². The number of unbranched alkanes of at least 4 members (excludes halogenated alkanes) is 3. The van der Waals surface area contributed by atoms with E-state index in [1.54, 1.807) is 7.11 Å². The molecule has 2 heteroatoms. The summed E-state index contributed by atoms with van der Waals surface area (Å²) in [6, 6.07) is 0. The lowest BCUT2D eigenvalue weighted by atomic mass is 9.88. The molecule has 0 N–H and O–H groups in total. The minimum Gasteiger partial charge on any atom is -0.384 e. The highest BCUT2D eigenvalue weighted by Gasteiger charge is 2.23. The predicted molar refractivity (Wildman–Crippen MR) is 69.8 cm³/mol. The Kier molecular flexibility index (Phi) is 10.0. The second-order valence-electron chi connectivity index (χ2n) is 4.99. The Morgan fingerprint density at radius 1 is 1.00 bits per heavy atom. The van der Waals surface area contributed by atoms with Crippen molar-refractivity contribution in [1.82, 2.24) is 0 Å². The third-order valence-corrected chi connectivity index (χ3v) is 3.34. The van der Waals surface area contributed by atoms with Crippen molar-refractivity contribution in [2.45, 2.75) is 59.0 Å². The van der Waals surface area contributed by atoms with Gasteiger partial charge in [-0.15, -0.1) is 0 Å². The van der Waals surface area contributed by atoms with Crippen molar-refractivity contribution in [3.63, 3.8) is 0 Å². The highest BCUT2D eigenvalue weighted by molar-refractivity contribution is 4.73. The standard InChI is InChI=1S/C14H30O2/c1-6-7-8-9-10-14(16-5)13(11-15-4)12(2)3/h12-14H,6-11H2,1-5H3. The Balaban J connectivity index is 3.99. The van der Waals surface area contributed by atoms with Gasteiger partial charge in [0.15, 0.2) is 0 Å². The van der Waals surface area contributed by atoms with Crippen LogP contribution in [-0.2, 0) is 9.47 Å². The third-order valence-electron chi connectivity index (χ3n) is 3.34. The van der Waals surface area contributed by atoms with Crippen molar-refractivity contribution in [1.29, 1.82) is 0 Å². The molecule has 0 amide bonds. The molecule has 0 fully saturated rings. The van der Waals surface area contributed by atoms with Gasteiger partial charge in [-0.25, -0.2) is 0 Å². The first-order valence-electron chi connectivity index (χ1n) is 6.69. The summed E-state index contributed by atoms with van der Waals surface area (Å²) in [5, 5.41) is 0. The summed E-state index contributed by atoms with van der Waals surface area (Å²) in [6.07, 6.45) is 6.77. The minimum absolute atomic E-state index is 0.358. The fourth-order valence-electron chi connectivity index (χ4n) is 2.20. The van der Waals surface area contributed by atoms with Crippen molar-refractivity contribution in [2.75, 3.05) is 20.8 Å². The largest absolute Gasteiger partial charge is 0.384 e. The van der Waals surface area contributed by atoms with E-state index in [0.717, 1.165) is 6.61 Å². The maximum atomic E-state index is 5.63. The van der Waals surface area contributed by atoms with Crippen LogP contribution in [0.5, 0.6) is 0 Å². The third kappa shape index (κ3) is 6.49. The lowest BCUT2D eigenvalue weighted by Crippen LogP contribution is -2.30. The molecule has 2 unspecified atom stereocenters. The maximum absolute atomic E-state index is 5.63. The van der Waals surface area contributed by atoms with Crippen LogP contribution in [0, 0.1) is 11.8 Å². The molecule has 0 aromatic rings. The van der Waals surface area contributed by atoms with Gasteiger partial charge in [0.25, 0.3) is 0 Å². The quantitative estimate of drug-likeness (QED) is 0.530. The zero-order valence-electron chi connectivity index (χ0n) is 11.8. The lowest BCUT2D eigenvalue weighted by Gasteiger charge is -2.28. The Labute approximate surface area is 102 Å². The van der Waals surface area contributed by atoms with Crippen LogP contribution in [0.2, 0.25) is 0 Å². The van der Waals surface area contributed by atoms with E-state index in [1.165, 1.54) is 32.1 Å².